The quantitative estimate of drug-likeness (QED) is 0.848. The van der Waals surface area contributed by atoms with E-state index in [0.717, 1.165) is 55.2 Å². The Morgan fingerprint density at radius 1 is 1.20 bits per heavy atom. The SMILES string of the molecule is OC[C@H]1CC[C@H](n2cc3cc(Br)c(N4C[C@@H]5C[C@H]4CO5)cc3n2)CC1. The van der Waals surface area contributed by atoms with Crippen LogP contribution in [0.4, 0.5) is 5.69 Å². The van der Waals surface area contributed by atoms with Crippen molar-refractivity contribution in [2.75, 3.05) is 24.7 Å². The van der Waals surface area contributed by atoms with Crippen molar-refractivity contribution in [2.45, 2.75) is 50.3 Å². The van der Waals surface area contributed by atoms with Gasteiger partial charge in [0, 0.05) is 29.2 Å². The number of aromatic nitrogens is 2. The van der Waals surface area contributed by atoms with Crippen molar-refractivity contribution in [1.82, 2.24) is 9.78 Å². The molecule has 5 rings (SSSR count). The average molecular weight is 406 g/mol. The molecule has 1 aliphatic carbocycles. The molecule has 2 aromatic rings. The molecule has 1 aromatic carbocycles. The van der Waals surface area contributed by atoms with E-state index in [1.165, 1.54) is 11.1 Å². The van der Waals surface area contributed by atoms with Gasteiger partial charge in [-0.25, -0.2) is 0 Å². The highest BCUT2D eigenvalue weighted by molar-refractivity contribution is 9.10. The molecule has 25 heavy (non-hydrogen) atoms. The second-order valence-corrected chi connectivity index (χ2v) is 8.68. The Hall–Kier alpha value is -1.11. The summed E-state index contributed by atoms with van der Waals surface area (Å²) < 4.78 is 9.05. The van der Waals surface area contributed by atoms with Gasteiger partial charge < -0.3 is 14.7 Å². The number of nitrogens with zero attached hydrogens (tertiary/aromatic N) is 3. The molecule has 2 bridgehead atoms. The van der Waals surface area contributed by atoms with E-state index in [4.69, 9.17) is 9.84 Å². The summed E-state index contributed by atoms with van der Waals surface area (Å²) in [6, 6.07) is 5.42. The van der Waals surface area contributed by atoms with Crippen molar-refractivity contribution in [3.05, 3.63) is 22.8 Å². The first-order chi connectivity index (χ1) is 12.2. The number of hydrogen-bond donors (Lipinski definition) is 1. The molecule has 2 atom stereocenters. The smallest absolute Gasteiger partial charge is 0.0944 e. The molecular formula is C19H24BrN3O2. The molecule has 5 nitrogen and oxygen atoms in total. The molecule has 3 aliphatic rings. The standard InChI is InChI=1S/C19H24BrN3O2/c20-17-5-13-8-23(14-3-1-12(10-24)2-4-14)21-18(13)7-19(17)22-9-16-6-15(22)11-25-16/h5,7-8,12,14-16,24H,1-4,6,9-11H2/t12-,14-,15-,16-/m0/s1. The lowest BCUT2D eigenvalue weighted by Crippen LogP contribution is -2.37. The van der Waals surface area contributed by atoms with Gasteiger partial charge in [0.05, 0.1) is 36.0 Å². The Morgan fingerprint density at radius 2 is 2.04 bits per heavy atom. The summed E-state index contributed by atoms with van der Waals surface area (Å²) in [4.78, 5) is 2.48. The average Bonchev–Trinajstić information content (AvgIpc) is 3.35. The maximum absolute atomic E-state index is 9.33. The summed E-state index contributed by atoms with van der Waals surface area (Å²) in [5.41, 5.74) is 2.32. The fourth-order valence-corrected chi connectivity index (χ4v) is 5.33. The van der Waals surface area contributed by atoms with Crippen LogP contribution in [0.2, 0.25) is 0 Å². The lowest BCUT2D eigenvalue weighted by molar-refractivity contribution is 0.0991. The molecule has 2 aliphatic heterocycles. The minimum atomic E-state index is 0.325. The van der Waals surface area contributed by atoms with E-state index in [1.807, 2.05) is 0 Å². The highest BCUT2D eigenvalue weighted by atomic mass is 79.9. The lowest BCUT2D eigenvalue weighted by Gasteiger charge is -2.29. The normalized spacial score (nSPS) is 32.0. The molecule has 1 aromatic heterocycles. The summed E-state index contributed by atoms with van der Waals surface area (Å²) in [6.07, 6.45) is 8.15. The van der Waals surface area contributed by atoms with Crippen molar-refractivity contribution in [2.24, 2.45) is 5.92 Å². The van der Waals surface area contributed by atoms with Gasteiger partial charge >= 0.3 is 0 Å². The van der Waals surface area contributed by atoms with Gasteiger partial charge in [0.2, 0.25) is 0 Å². The summed E-state index contributed by atoms with van der Waals surface area (Å²) in [7, 11) is 0. The number of morpholine rings is 1. The largest absolute Gasteiger partial charge is 0.396 e. The molecule has 0 spiro atoms. The number of aliphatic hydroxyl groups excluding tert-OH is 1. The predicted octanol–water partition coefficient (Wildman–Crippen LogP) is 3.50. The molecule has 1 N–H and O–H groups in total. The highest BCUT2D eigenvalue weighted by Gasteiger charge is 2.39. The van der Waals surface area contributed by atoms with Crippen molar-refractivity contribution >= 4 is 32.5 Å². The van der Waals surface area contributed by atoms with Gasteiger partial charge in [0.15, 0.2) is 0 Å². The Balaban J connectivity index is 1.43. The molecule has 6 heteroatoms. The van der Waals surface area contributed by atoms with Crippen LogP contribution in [0.1, 0.15) is 38.1 Å². The van der Waals surface area contributed by atoms with Crippen LogP contribution in [0, 0.1) is 5.92 Å². The first-order valence-electron chi connectivity index (χ1n) is 9.39. The molecule has 134 valence electrons. The van der Waals surface area contributed by atoms with E-state index < -0.39 is 0 Å². The van der Waals surface area contributed by atoms with Crippen LogP contribution in [0.25, 0.3) is 10.9 Å². The third-order valence-corrected chi connectivity index (χ3v) is 6.88. The number of rotatable bonds is 3. The zero-order valence-corrected chi connectivity index (χ0v) is 15.9. The predicted molar refractivity (Wildman–Crippen MR) is 101 cm³/mol. The second kappa shape index (κ2) is 6.25. The Bertz CT molecular complexity index is 784. The van der Waals surface area contributed by atoms with Crippen molar-refractivity contribution in [3.63, 3.8) is 0 Å². The Morgan fingerprint density at radius 3 is 2.72 bits per heavy atom. The zero-order valence-electron chi connectivity index (χ0n) is 14.3. The van der Waals surface area contributed by atoms with Crippen LogP contribution in [0.5, 0.6) is 0 Å². The van der Waals surface area contributed by atoms with Gasteiger partial charge in [-0.05, 0) is 66.1 Å². The summed E-state index contributed by atoms with van der Waals surface area (Å²) >= 11 is 3.77. The van der Waals surface area contributed by atoms with Gasteiger partial charge in [-0.15, -0.1) is 0 Å². The van der Waals surface area contributed by atoms with Crippen molar-refractivity contribution in [3.8, 4) is 0 Å². The van der Waals surface area contributed by atoms with E-state index in [-0.39, 0.29) is 0 Å². The van der Waals surface area contributed by atoms with Crippen LogP contribution >= 0.6 is 15.9 Å². The molecule has 2 saturated heterocycles. The zero-order chi connectivity index (χ0) is 17.0. The minimum absolute atomic E-state index is 0.325. The van der Waals surface area contributed by atoms with Gasteiger partial charge in [-0.1, -0.05) is 0 Å². The number of ether oxygens (including phenoxy) is 1. The summed E-state index contributed by atoms with van der Waals surface area (Å²) in [5, 5.41) is 15.4. The van der Waals surface area contributed by atoms with Crippen LogP contribution in [0.3, 0.4) is 0 Å². The van der Waals surface area contributed by atoms with Crippen LogP contribution < -0.4 is 4.90 Å². The van der Waals surface area contributed by atoms with Crippen molar-refractivity contribution in [1.29, 1.82) is 0 Å². The number of hydrogen-bond acceptors (Lipinski definition) is 4. The first kappa shape index (κ1) is 16.1. The fourth-order valence-electron chi connectivity index (χ4n) is 4.75. The summed E-state index contributed by atoms with van der Waals surface area (Å²) in [5.74, 6) is 0.481. The monoisotopic (exact) mass is 405 g/mol. The summed E-state index contributed by atoms with van der Waals surface area (Å²) in [6.45, 7) is 2.16. The Labute approximate surface area is 156 Å². The van der Waals surface area contributed by atoms with Gasteiger partial charge in [0.1, 0.15) is 0 Å². The number of halogens is 1. The van der Waals surface area contributed by atoms with Crippen LogP contribution in [-0.2, 0) is 4.74 Å². The number of benzene rings is 1. The number of anilines is 1. The minimum Gasteiger partial charge on any atom is -0.396 e. The third kappa shape index (κ3) is 2.78. The second-order valence-electron chi connectivity index (χ2n) is 7.83. The fraction of sp³-hybridized carbons (Fsp3) is 0.632. The van der Waals surface area contributed by atoms with E-state index >= 15 is 0 Å². The van der Waals surface area contributed by atoms with E-state index in [1.54, 1.807) is 0 Å². The van der Waals surface area contributed by atoms with Crippen LogP contribution in [-0.4, -0.2) is 46.8 Å². The molecule has 0 amide bonds. The lowest BCUT2D eigenvalue weighted by atomic mass is 9.87. The number of aliphatic hydroxyl groups is 1. The molecule has 0 unspecified atom stereocenters. The first-order valence-corrected chi connectivity index (χ1v) is 10.2. The van der Waals surface area contributed by atoms with E-state index in [2.05, 4.69) is 43.8 Å². The van der Waals surface area contributed by atoms with E-state index in [0.29, 0.717) is 30.7 Å². The molecule has 3 heterocycles. The number of fused-ring (bicyclic) bond motifs is 3. The third-order valence-electron chi connectivity index (χ3n) is 6.25. The maximum atomic E-state index is 9.33. The van der Waals surface area contributed by atoms with Gasteiger partial charge in [0.25, 0.3) is 0 Å². The maximum Gasteiger partial charge on any atom is 0.0944 e. The molecule has 0 radical (unpaired) electrons. The van der Waals surface area contributed by atoms with Gasteiger partial charge in [-0.2, -0.15) is 5.10 Å². The van der Waals surface area contributed by atoms with E-state index in [9.17, 15) is 5.11 Å². The van der Waals surface area contributed by atoms with Crippen molar-refractivity contribution < 1.29 is 9.84 Å². The molecule has 3 fully saturated rings. The Kier molecular flexibility index (Phi) is 4.02. The van der Waals surface area contributed by atoms with Crippen LogP contribution in [0.15, 0.2) is 22.8 Å². The van der Waals surface area contributed by atoms with Gasteiger partial charge in [-0.3, -0.25) is 4.68 Å². The topological polar surface area (TPSA) is 50.5 Å². The highest BCUT2D eigenvalue weighted by Crippen LogP contribution is 2.39. The molecule has 1 saturated carbocycles. The molecular weight excluding hydrogens is 382 g/mol.